The van der Waals surface area contributed by atoms with Crippen molar-refractivity contribution in [2.75, 3.05) is 10.9 Å². The fraction of sp³-hybridized carbons (Fsp3) is 0.143. The predicted octanol–water partition coefficient (Wildman–Crippen LogP) is 5.66. The summed E-state index contributed by atoms with van der Waals surface area (Å²) >= 11 is 0. The Labute approximate surface area is 209 Å². The molecule has 0 atom stereocenters. The molecule has 7 nitrogen and oxygen atoms in total. The molecule has 0 radical (unpaired) electrons. The smallest absolute Gasteiger partial charge is 0.342 e. The van der Waals surface area contributed by atoms with Crippen LogP contribution in [-0.4, -0.2) is 26.9 Å². The first-order chi connectivity index (χ1) is 17.2. The van der Waals surface area contributed by atoms with Crippen molar-refractivity contribution in [3.8, 4) is 0 Å². The zero-order valence-corrected chi connectivity index (χ0v) is 20.9. The van der Waals surface area contributed by atoms with Crippen LogP contribution in [-0.2, 0) is 19.6 Å². The van der Waals surface area contributed by atoms with Gasteiger partial charge in [-0.1, -0.05) is 48.0 Å². The summed E-state index contributed by atoms with van der Waals surface area (Å²) in [5, 5.41) is 0.354. The number of rotatable bonds is 7. The number of carbonyl (C=O) groups excluding carboxylic acids is 2. The van der Waals surface area contributed by atoms with Crippen LogP contribution in [0.3, 0.4) is 0 Å². The second-order valence-electron chi connectivity index (χ2n) is 8.10. The van der Waals surface area contributed by atoms with E-state index in [9.17, 15) is 18.0 Å². The predicted molar refractivity (Wildman–Crippen MR) is 138 cm³/mol. The van der Waals surface area contributed by atoms with Gasteiger partial charge in [0.05, 0.1) is 17.2 Å². The Hall–Kier alpha value is -4.17. The highest BCUT2D eigenvalue weighted by atomic mass is 32.2. The van der Waals surface area contributed by atoms with Crippen LogP contribution in [0.15, 0.2) is 88.2 Å². The Morgan fingerprint density at radius 1 is 0.972 bits per heavy atom. The Morgan fingerprint density at radius 2 is 1.67 bits per heavy atom. The number of nitrogens with zero attached hydrogens (tertiary/aromatic N) is 1. The number of hydrogen-bond acceptors (Lipinski definition) is 6. The maximum Gasteiger partial charge on any atom is 0.342 e. The van der Waals surface area contributed by atoms with Crippen LogP contribution in [0.5, 0.6) is 0 Å². The van der Waals surface area contributed by atoms with Gasteiger partial charge in [0, 0.05) is 11.5 Å². The fourth-order valence-electron chi connectivity index (χ4n) is 3.79. The summed E-state index contributed by atoms with van der Waals surface area (Å²) < 4.78 is 39.0. The van der Waals surface area contributed by atoms with Gasteiger partial charge in [-0.15, -0.1) is 0 Å². The second-order valence-corrected chi connectivity index (χ2v) is 9.89. The van der Waals surface area contributed by atoms with Gasteiger partial charge in [0.15, 0.2) is 0 Å². The molecule has 8 heteroatoms. The molecule has 0 spiro atoms. The number of carbonyl (C=O) groups is 2. The van der Waals surface area contributed by atoms with Crippen LogP contribution in [0.2, 0.25) is 0 Å². The lowest BCUT2D eigenvalue weighted by molar-refractivity contribution is -0.113. The SMILES string of the molecule is CCOC(=O)c1c(C)oc2ccc(N(C(=O)/C=C/c3ccccc3)S(=O)(=O)c3ccc(C)cc3)cc12. The fourth-order valence-corrected chi connectivity index (χ4v) is 5.17. The van der Waals surface area contributed by atoms with Crippen LogP contribution < -0.4 is 4.31 Å². The summed E-state index contributed by atoms with van der Waals surface area (Å²) in [4.78, 5) is 25.9. The number of furan rings is 1. The monoisotopic (exact) mass is 503 g/mol. The van der Waals surface area contributed by atoms with Crippen molar-refractivity contribution in [3.05, 3.63) is 101 Å². The molecular weight excluding hydrogens is 478 g/mol. The summed E-state index contributed by atoms with van der Waals surface area (Å²) in [6, 6.07) is 19.8. The van der Waals surface area contributed by atoms with E-state index in [0.717, 1.165) is 15.4 Å². The molecule has 0 aliphatic carbocycles. The van der Waals surface area contributed by atoms with Gasteiger partial charge in [-0.2, -0.15) is 4.31 Å². The van der Waals surface area contributed by atoms with Gasteiger partial charge >= 0.3 is 5.97 Å². The molecule has 1 aromatic heterocycles. The van der Waals surface area contributed by atoms with Gasteiger partial charge in [-0.3, -0.25) is 4.79 Å². The van der Waals surface area contributed by atoms with Crippen molar-refractivity contribution in [3.63, 3.8) is 0 Å². The number of amides is 1. The number of esters is 1. The molecule has 0 unspecified atom stereocenters. The third kappa shape index (κ3) is 4.94. The lowest BCUT2D eigenvalue weighted by atomic mass is 10.1. The third-order valence-corrected chi connectivity index (χ3v) is 7.28. The van der Waals surface area contributed by atoms with E-state index in [-0.39, 0.29) is 22.8 Å². The summed E-state index contributed by atoms with van der Waals surface area (Å²) in [6.45, 7) is 5.32. The number of hydrogen-bond donors (Lipinski definition) is 0. The number of benzene rings is 3. The normalized spacial score (nSPS) is 11.6. The number of aryl methyl sites for hydroxylation is 2. The zero-order chi connectivity index (χ0) is 25.9. The second kappa shape index (κ2) is 10.2. The zero-order valence-electron chi connectivity index (χ0n) is 20.1. The number of ether oxygens (including phenoxy) is 1. The minimum atomic E-state index is -4.29. The maximum atomic E-state index is 13.7. The first-order valence-electron chi connectivity index (χ1n) is 11.3. The molecule has 36 heavy (non-hydrogen) atoms. The topological polar surface area (TPSA) is 93.9 Å². The molecule has 0 saturated heterocycles. The van der Waals surface area contributed by atoms with E-state index in [0.29, 0.717) is 16.7 Å². The van der Waals surface area contributed by atoms with Gasteiger partial charge in [-0.05, 0) is 62.7 Å². The standard InChI is InChI=1S/C28H25NO6S/c1-4-34-28(31)27-20(3)35-25-16-13-22(18-24(25)27)29(26(30)17-12-21-8-6-5-7-9-21)36(32,33)23-14-10-19(2)11-15-23/h5-18H,4H2,1-3H3/b17-12+. The van der Waals surface area contributed by atoms with Crippen molar-refractivity contribution in [1.82, 2.24) is 0 Å². The first kappa shape index (κ1) is 24.9. The van der Waals surface area contributed by atoms with Crippen molar-refractivity contribution in [2.24, 2.45) is 0 Å². The molecule has 1 amide bonds. The average molecular weight is 504 g/mol. The molecule has 0 aliphatic rings. The quantitative estimate of drug-likeness (QED) is 0.239. The van der Waals surface area contributed by atoms with Gasteiger partial charge in [0.1, 0.15) is 16.9 Å². The lowest BCUT2D eigenvalue weighted by Gasteiger charge is -2.21. The van der Waals surface area contributed by atoms with E-state index in [4.69, 9.17) is 9.15 Å². The summed E-state index contributed by atoms with van der Waals surface area (Å²) in [7, 11) is -4.29. The highest BCUT2D eigenvalue weighted by Crippen LogP contribution is 2.33. The minimum Gasteiger partial charge on any atom is -0.462 e. The van der Waals surface area contributed by atoms with E-state index in [2.05, 4.69) is 0 Å². The molecule has 0 N–H and O–H groups in total. The molecule has 4 aromatic rings. The minimum absolute atomic E-state index is 0.0383. The van der Waals surface area contributed by atoms with Crippen molar-refractivity contribution >= 4 is 44.6 Å². The van der Waals surface area contributed by atoms with E-state index >= 15 is 0 Å². The summed E-state index contributed by atoms with van der Waals surface area (Å²) in [6.07, 6.45) is 2.75. The van der Waals surface area contributed by atoms with E-state index in [1.807, 2.05) is 25.1 Å². The first-order valence-corrected chi connectivity index (χ1v) is 12.8. The van der Waals surface area contributed by atoms with Gasteiger partial charge < -0.3 is 9.15 Å². The number of sulfonamides is 1. The van der Waals surface area contributed by atoms with E-state index < -0.39 is 21.9 Å². The molecule has 1 heterocycles. The van der Waals surface area contributed by atoms with E-state index in [1.165, 1.54) is 36.4 Å². The van der Waals surface area contributed by atoms with Crippen LogP contribution in [0.4, 0.5) is 5.69 Å². The van der Waals surface area contributed by atoms with Crippen molar-refractivity contribution in [1.29, 1.82) is 0 Å². The molecule has 0 fully saturated rings. The lowest BCUT2D eigenvalue weighted by Crippen LogP contribution is -2.35. The molecule has 0 saturated carbocycles. The van der Waals surface area contributed by atoms with Crippen LogP contribution in [0.25, 0.3) is 17.0 Å². The summed E-state index contributed by atoms with van der Waals surface area (Å²) in [5.74, 6) is -1.02. The maximum absolute atomic E-state index is 13.7. The van der Waals surface area contributed by atoms with Crippen LogP contribution in [0.1, 0.15) is 34.2 Å². The van der Waals surface area contributed by atoms with Crippen molar-refractivity contribution in [2.45, 2.75) is 25.7 Å². The Balaban J connectivity index is 1.87. The third-order valence-electron chi connectivity index (χ3n) is 5.54. The molecular formula is C28H25NO6S. The number of anilines is 1. The van der Waals surface area contributed by atoms with E-state index in [1.54, 1.807) is 44.2 Å². The van der Waals surface area contributed by atoms with Crippen LogP contribution >= 0.6 is 0 Å². The van der Waals surface area contributed by atoms with Crippen molar-refractivity contribution < 1.29 is 27.2 Å². The van der Waals surface area contributed by atoms with Gasteiger partial charge in [0.2, 0.25) is 0 Å². The van der Waals surface area contributed by atoms with Gasteiger partial charge in [-0.25, -0.2) is 13.2 Å². The molecule has 3 aromatic carbocycles. The molecule has 0 aliphatic heterocycles. The Kier molecular flexibility index (Phi) is 7.07. The Bertz CT molecular complexity index is 1550. The van der Waals surface area contributed by atoms with Crippen LogP contribution in [0, 0.1) is 13.8 Å². The Morgan fingerprint density at radius 3 is 2.33 bits per heavy atom. The van der Waals surface area contributed by atoms with Gasteiger partial charge in [0.25, 0.3) is 15.9 Å². The molecule has 184 valence electrons. The highest BCUT2D eigenvalue weighted by Gasteiger charge is 2.31. The molecule has 4 rings (SSSR count). The highest BCUT2D eigenvalue weighted by molar-refractivity contribution is 7.93. The summed E-state index contributed by atoms with van der Waals surface area (Å²) in [5.41, 5.74) is 2.25. The largest absolute Gasteiger partial charge is 0.462 e. The average Bonchev–Trinajstić information content (AvgIpc) is 3.19. The number of fused-ring (bicyclic) bond motifs is 1. The molecule has 0 bridgehead atoms.